The summed E-state index contributed by atoms with van der Waals surface area (Å²) in [5.41, 5.74) is -1.25. The summed E-state index contributed by atoms with van der Waals surface area (Å²) in [5, 5.41) is 9.44. The molecule has 2 N–H and O–H groups in total. The highest BCUT2D eigenvalue weighted by Crippen LogP contribution is 2.34. The summed E-state index contributed by atoms with van der Waals surface area (Å²) in [7, 11) is -1.60. The van der Waals surface area contributed by atoms with Gasteiger partial charge in [-0.3, -0.25) is 4.79 Å². The van der Waals surface area contributed by atoms with Crippen LogP contribution >= 0.6 is 11.6 Å². The molecular weight excluding hydrogens is 543 g/mol. The highest BCUT2D eigenvalue weighted by atomic mass is 35.5. The van der Waals surface area contributed by atoms with E-state index in [1.807, 2.05) is 0 Å². The van der Waals surface area contributed by atoms with Crippen LogP contribution in [0, 0.1) is 0 Å². The maximum absolute atomic E-state index is 14.0. The van der Waals surface area contributed by atoms with Crippen molar-refractivity contribution in [3.63, 3.8) is 0 Å². The van der Waals surface area contributed by atoms with Gasteiger partial charge < -0.3 is 15.4 Å². The summed E-state index contributed by atoms with van der Waals surface area (Å²) in [6.45, 7) is 0. The monoisotopic (exact) mass is 561 g/mol. The first kappa shape index (κ1) is 26.9. The maximum Gasteiger partial charge on any atom is 0.434 e. The molecule has 1 heterocycles. The van der Waals surface area contributed by atoms with Crippen molar-refractivity contribution in [3.8, 4) is 11.4 Å². The van der Waals surface area contributed by atoms with Crippen molar-refractivity contribution in [2.75, 3.05) is 16.9 Å². The summed E-state index contributed by atoms with van der Waals surface area (Å²) >= 11 is 5.83. The Morgan fingerprint density at radius 3 is 2.29 bits per heavy atom. The molecule has 38 heavy (non-hydrogen) atoms. The van der Waals surface area contributed by atoms with Gasteiger partial charge in [-0.2, -0.15) is 18.3 Å². The minimum Gasteiger partial charge on any atom is -0.425 e. The number of carbonyl (C=O) groups excluding carboxylic acids is 1. The number of anilines is 2. The Hall–Kier alpha value is -4.16. The number of amides is 1. The van der Waals surface area contributed by atoms with Crippen LogP contribution in [0.15, 0.2) is 89.5 Å². The number of ether oxygens (including phenoxy) is 1. The van der Waals surface area contributed by atoms with E-state index in [-0.39, 0.29) is 17.4 Å². The number of benzene rings is 3. The van der Waals surface area contributed by atoms with Gasteiger partial charge in [0.15, 0.2) is 5.69 Å². The van der Waals surface area contributed by atoms with Crippen LogP contribution in [0.1, 0.15) is 16.1 Å². The summed E-state index contributed by atoms with van der Waals surface area (Å²) < 4.78 is 63.8. The molecular formula is C25H19ClF3N5O3S. The Labute approximate surface area is 222 Å². The molecule has 4 aromatic rings. The van der Waals surface area contributed by atoms with Crippen LogP contribution in [0.3, 0.4) is 0 Å². The molecule has 0 aliphatic carbocycles. The van der Waals surface area contributed by atoms with Gasteiger partial charge in [0, 0.05) is 22.7 Å². The fourth-order valence-corrected chi connectivity index (χ4v) is 3.79. The summed E-state index contributed by atoms with van der Waals surface area (Å²) in [6, 6.07) is 20.2. The number of aromatic nitrogens is 2. The first-order valence-electron chi connectivity index (χ1n) is 10.8. The minimum absolute atomic E-state index is 0.0795. The molecule has 1 amide bonds. The van der Waals surface area contributed by atoms with Crippen molar-refractivity contribution in [1.29, 1.82) is 0 Å². The van der Waals surface area contributed by atoms with E-state index in [1.165, 1.54) is 42.7 Å². The molecule has 1 unspecified atom stereocenters. The lowest BCUT2D eigenvalue weighted by Crippen LogP contribution is -2.21. The van der Waals surface area contributed by atoms with E-state index in [2.05, 4.69) is 20.1 Å². The molecule has 0 saturated carbocycles. The number of amidine groups is 1. The van der Waals surface area contributed by atoms with Crippen molar-refractivity contribution >= 4 is 45.9 Å². The van der Waals surface area contributed by atoms with Gasteiger partial charge in [0.05, 0.1) is 17.4 Å². The lowest BCUT2D eigenvalue weighted by atomic mass is 10.2. The molecule has 196 valence electrons. The highest BCUT2D eigenvalue weighted by Gasteiger charge is 2.40. The molecule has 3 aromatic carbocycles. The Morgan fingerprint density at radius 2 is 1.66 bits per heavy atom. The van der Waals surface area contributed by atoms with E-state index in [0.29, 0.717) is 21.1 Å². The van der Waals surface area contributed by atoms with Crippen LogP contribution in [-0.4, -0.2) is 32.2 Å². The van der Waals surface area contributed by atoms with Gasteiger partial charge in [-0.25, -0.2) is 8.89 Å². The molecule has 4 rings (SSSR count). The number of carbonyl (C=O) groups is 1. The van der Waals surface area contributed by atoms with Crippen LogP contribution in [0.2, 0.25) is 5.02 Å². The summed E-state index contributed by atoms with van der Waals surface area (Å²) in [4.78, 5) is 12.9. The zero-order valence-corrected chi connectivity index (χ0v) is 21.1. The molecule has 0 aliphatic heterocycles. The van der Waals surface area contributed by atoms with Crippen molar-refractivity contribution in [2.45, 2.75) is 6.18 Å². The van der Waals surface area contributed by atoms with Crippen LogP contribution in [0.4, 0.5) is 24.5 Å². The number of hydrogen-bond donors (Lipinski definition) is 2. The highest BCUT2D eigenvalue weighted by molar-refractivity contribution is 7.83. The Balaban J connectivity index is 1.57. The molecule has 0 bridgehead atoms. The van der Waals surface area contributed by atoms with Crippen LogP contribution in [-0.2, 0) is 17.2 Å². The number of nitrogens with zero attached hydrogens (tertiary/aromatic N) is 3. The number of nitrogens with one attached hydrogen (secondary N) is 2. The van der Waals surface area contributed by atoms with Gasteiger partial charge in [-0.05, 0) is 54.6 Å². The van der Waals surface area contributed by atoms with Crippen molar-refractivity contribution < 1.29 is 26.9 Å². The van der Waals surface area contributed by atoms with E-state index in [0.717, 1.165) is 6.20 Å². The third-order valence-electron chi connectivity index (χ3n) is 4.89. The average molecular weight is 562 g/mol. The third-order valence-corrected chi connectivity index (χ3v) is 5.57. The lowest BCUT2D eigenvalue weighted by Gasteiger charge is -2.14. The van der Waals surface area contributed by atoms with E-state index in [9.17, 15) is 22.2 Å². The van der Waals surface area contributed by atoms with E-state index in [4.69, 9.17) is 16.3 Å². The number of hydrogen-bond acceptors (Lipinski definition) is 4. The number of para-hydroxylation sites is 1. The van der Waals surface area contributed by atoms with Gasteiger partial charge >= 0.3 is 12.2 Å². The largest absolute Gasteiger partial charge is 0.434 e. The normalized spacial score (nSPS) is 12.6. The average Bonchev–Trinajstić information content (AvgIpc) is 3.31. The SMILES string of the molecule is CS(=O)N=C(Nc1cccc(NC(=O)c2cnn(-c3ccc(Cl)cc3)c2C(F)(F)F)c1)Oc1ccccc1. The lowest BCUT2D eigenvalue weighted by molar-refractivity contribution is -0.143. The Bertz CT molecular complexity index is 1490. The molecule has 0 aliphatic rings. The fourth-order valence-electron chi connectivity index (χ4n) is 3.35. The van der Waals surface area contributed by atoms with Crippen molar-refractivity contribution in [3.05, 3.63) is 101 Å². The zero-order valence-electron chi connectivity index (χ0n) is 19.6. The third kappa shape index (κ3) is 6.78. The fraction of sp³-hybridized carbons (Fsp3) is 0.0800. The van der Waals surface area contributed by atoms with Gasteiger partial charge in [0.1, 0.15) is 16.7 Å². The minimum atomic E-state index is -4.87. The molecule has 1 aromatic heterocycles. The molecule has 0 radical (unpaired) electrons. The standard InChI is InChI=1S/C25H19ClF3N5O3S/c1-38(36)33-24(37-20-8-3-2-4-9-20)32-18-7-5-6-17(14-18)31-23(35)21-15-30-34(22(21)25(27,28)29)19-12-10-16(26)11-13-19/h2-15H,1H3,(H,31,35)(H,32,33). The van der Waals surface area contributed by atoms with E-state index < -0.39 is 34.3 Å². The second-order valence-corrected chi connectivity index (χ2v) is 9.15. The zero-order chi connectivity index (χ0) is 27.3. The van der Waals surface area contributed by atoms with Crippen LogP contribution in [0.25, 0.3) is 5.69 Å². The first-order chi connectivity index (χ1) is 18.1. The topological polar surface area (TPSA) is 97.6 Å². The quantitative estimate of drug-likeness (QED) is 0.224. The van der Waals surface area contributed by atoms with Gasteiger partial charge in [0.2, 0.25) is 0 Å². The molecule has 1 atom stereocenters. The summed E-state index contributed by atoms with van der Waals surface area (Å²) in [6.07, 6.45) is -2.67. The number of halogens is 4. The van der Waals surface area contributed by atoms with Crippen LogP contribution < -0.4 is 15.4 Å². The Kier molecular flexibility index (Phi) is 8.13. The molecule has 13 heteroatoms. The maximum atomic E-state index is 14.0. The first-order valence-corrected chi connectivity index (χ1v) is 12.7. The summed E-state index contributed by atoms with van der Waals surface area (Å²) in [5.74, 6) is -0.579. The second kappa shape index (κ2) is 11.5. The molecule has 0 spiro atoms. The van der Waals surface area contributed by atoms with Gasteiger partial charge in [-0.1, -0.05) is 35.9 Å². The number of alkyl halides is 3. The van der Waals surface area contributed by atoms with Crippen LogP contribution in [0.5, 0.6) is 5.75 Å². The predicted molar refractivity (Wildman–Crippen MR) is 140 cm³/mol. The smallest absolute Gasteiger partial charge is 0.425 e. The van der Waals surface area contributed by atoms with E-state index >= 15 is 0 Å². The van der Waals surface area contributed by atoms with Crippen molar-refractivity contribution in [1.82, 2.24) is 9.78 Å². The molecule has 0 fully saturated rings. The Morgan fingerprint density at radius 1 is 1.00 bits per heavy atom. The van der Waals surface area contributed by atoms with Crippen molar-refractivity contribution in [2.24, 2.45) is 4.40 Å². The van der Waals surface area contributed by atoms with Gasteiger partial charge in [0.25, 0.3) is 5.91 Å². The van der Waals surface area contributed by atoms with Gasteiger partial charge in [-0.15, -0.1) is 4.40 Å². The predicted octanol–water partition coefficient (Wildman–Crippen LogP) is 5.94. The number of rotatable bonds is 6. The molecule has 8 nitrogen and oxygen atoms in total. The second-order valence-electron chi connectivity index (χ2n) is 7.69. The molecule has 0 saturated heterocycles. The van der Waals surface area contributed by atoms with E-state index in [1.54, 1.807) is 42.5 Å².